The van der Waals surface area contributed by atoms with E-state index in [1.54, 1.807) is 6.08 Å². The summed E-state index contributed by atoms with van der Waals surface area (Å²) < 4.78 is 5.05. The van der Waals surface area contributed by atoms with Crippen LogP contribution in [-0.4, -0.2) is 18.4 Å². The Bertz CT molecular complexity index is 549. The zero-order valence-corrected chi connectivity index (χ0v) is 15.0. The van der Waals surface area contributed by atoms with E-state index in [2.05, 4.69) is 27.7 Å². The largest absolute Gasteiger partial charge is 0.458 e. The third-order valence-electron chi connectivity index (χ3n) is 7.69. The van der Waals surface area contributed by atoms with Gasteiger partial charge in [-0.1, -0.05) is 27.7 Å². The van der Waals surface area contributed by atoms with Gasteiger partial charge in [-0.25, -0.2) is 4.79 Å². The summed E-state index contributed by atoms with van der Waals surface area (Å²) in [6.45, 7) is 9.79. The molecule has 0 bridgehead atoms. The first-order chi connectivity index (χ1) is 10.8. The second-order valence-corrected chi connectivity index (χ2v) is 8.64. The molecule has 128 valence electrons. The Morgan fingerprint density at radius 3 is 2.61 bits per heavy atom. The minimum absolute atomic E-state index is 0.146. The molecule has 0 radical (unpaired) electrons. The Kier molecular flexibility index (Phi) is 4.18. The van der Waals surface area contributed by atoms with Crippen LogP contribution in [0.3, 0.4) is 0 Å². The van der Waals surface area contributed by atoms with E-state index in [-0.39, 0.29) is 22.7 Å². The van der Waals surface area contributed by atoms with Crippen molar-refractivity contribution < 1.29 is 14.3 Å². The van der Waals surface area contributed by atoms with E-state index in [4.69, 9.17) is 4.74 Å². The van der Waals surface area contributed by atoms with Gasteiger partial charge in [0.1, 0.15) is 12.4 Å². The van der Waals surface area contributed by atoms with Gasteiger partial charge in [-0.15, -0.1) is 0 Å². The molecule has 3 heteroatoms. The molecular weight excluding hydrogens is 288 g/mol. The van der Waals surface area contributed by atoms with Gasteiger partial charge in [0.05, 0.1) is 0 Å². The maximum atomic E-state index is 12.3. The maximum Gasteiger partial charge on any atom is 0.331 e. The lowest BCUT2D eigenvalue weighted by atomic mass is 9.44. The molecule has 0 spiro atoms. The van der Waals surface area contributed by atoms with Crippen molar-refractivity contribution in [3.05, 3.63) is 11.6 Å². The van der Waals surface area contributed by atoms with E-state index < -0.39 is 0 Å². The number of Topliss-reactive ketones (excluding diaryl/α,β-unsaturated/α-hetero) is 1. The third kappa shape index (κ3) is 2.66. The molecule has 23 heavy (non-hydrogen) atoms. The number of carbonyl (C=O) groups excluding carboxylic acids is 2. The summed E-state index contributed by atoms with van der Waals surface area (Å²) in [6.07, 6.45) is 7.87. The van der Waals surface area contributed by atoms with Gasteiger partial charge in [0.25, 0.3) is 0 Å². The van der Waals surface area contributed by atoms with Crippen LogP contribution < -0.4 is 0 Å². The van der Waals surface area contributed by atoms with Crippen molar-refractivity contribution >= 4 is 11.8 Å². The minimum Gasteiger partial charge on any atom is -0.458 e. The number of ketones is 1. The molecule has 1 aliphatic heterocycles. The van der Waals surface area contributed by atoms with Crippen molar-refractivity contribution in [1.82, 2.24) is 0 Å². The van der Waals surface area contributed by atoms with E-state index in [1.165, 1.54) is 12.8 Å². The van der Waals surface area contributed by atoms with Crippen LogP contribution in [0.4, 0.5) is 0 Å². The van der Waals surface area contributed by atoms with Crippen LogP contribution in [-0.2, 0) is 14.3 Å². The first-order valence-corrected chi connectivity index (χ1v) is 9.16. The number of esters is 1. The summed E-state index contributed by atoms with van der Waals surface area (Å²) in [5.41, 5.74) is 1.53. The molecular formula is C20H30O3. The zero-order chi connectivity index (χ0) is 16.8. The average molecular weight is 318 g/mol. The highest BCUT2D eigenvalue weighted by Gasteiger charge is 2.56. The molecule has 2 fully saturated rings. The number of hydrogen-bond acceptors (Lipinski definition) is 3. The fourth-order valence-corrected chi connectivity index (χ4v) is 5.59. The fourth-order valence-electron chi connectivity index (χ4n) is 5.59. The molecule has 5 atom stereocenters. The highest BCUT2D eigenvalue weighted by molar-refractivity contribution is 5.85. The smallest absolute Gasteiger partial charge is 0.331 e. The van der Waals surface area contributed by atoms with Crippen molar-refractivity contribution in [1.29, 1.82) is 0 Å². The molecule has 1 heterocycles. The highest BCUT2D eigenvalue weighted by Crippen LogP contribution is 2.62. The minimum atomic E-state index is -0.191. The molecule has 3 aliphatic rings. The topological polar surface area (TPSA) is 43.4 Å². The molecule has 0 unspecified atom stereocenters. The van der Waals surface area contributed by atoms with Gasteiger partial charge in [-0.05, 0) is 60.3 Å². The quantitative estimate of drug-likeness (QED) is 0.728. The molecule has 0 saturated heterocycles. The lowest BCUT2D eigenvalue weighted by Crippen LogP contribution is -2.54. The lowest BCUT2D eigenvalue weighted by molar-refractivity contribution is -0.148. The molecule has 3 rings (SSSR count). The second kappa shape index (κ2) is 5.75. The van der Waals surface area contributed by atoms with Gasteiger partial charge < -0.3 is 4.74 Å². The average Bonchev–Trinajstić information content (AvgIpc) is 2.93. The number of cyclic esters (lactones) is 1. The first-order valence-electron chi connectivity index (χ1n) is 9.16. The van der Waals surface area contributed by atoms with Gasteiger partial charge in [-0.3, -0.25) is 4.79 Å². The summed E-state index contributed by atoms with van der Waals surface area (Å²) >= 11 is 0. The second-order valence-electron chi connectivity index (χ2n) is 8.64. The van der Waals surface area contributed by atoms with E-state index in [0.717, 1.165) is 31.3 Å². The number of rotatable bonds is 3. The summed E-state index contributed by atoms with van der Waals surface area (Å²) in [7, 11) is 0. The van der Waals surface area contributed by atoms with Crippen LogP contribution in [0.15, 0.2) is 11.6 Å². The van der Waals surface area contributed by atoms with Crippen molar-refractivity contribution in [3.8, 4) is 0 Å². The molecule has 0 aromatic rings. The molecule has 3 nitrogen and oxygen atoms in total. The standard InChI is InChI=1S/C20H30O3/c1-13-7-9-20(4)14(2)16(21)5-6-17(20)19(13,3)10-8-15-11-18(22)23-12-15/h11,13-14,17H,5-10,12H2,1-4H3/t13-,14-,17-,19+,20+/m1/s1. The molecule has 0 aromatic heterocycles. The lowest BCUT2D eigenvalue weighted by Gasteiger charge is -2.59. The van der Waals surface area contributed by atoms with Gasteiger partial charge in [0.15, 0.2) is 0 Å². The Morgan fingerprint density at radius 1 is 1.22 bits per heavy atom. The van der Waals surface area contributed by atoms with Crippen molar-refractivity contribution in [3.63, 3.8) is 0 Å². The van der Waals surface area contributed by atoms with Crippen molar-refractivity contribution in [2.45, 2.75) is 66.2 Å². The monoisotopic (exact) mass is 318 g/mol. The Hall–Kier alpha value is -1.12. The predicted molar refractivity (Wildman–Crippen MR) is 89.8 cm³/mol. The van der Waals surface area contributed by atoms with E-state index >= 15 is 0 Å². The molecule has 2 saturated carbocycles. The van der Waals surface area contributed by atoms with Crippen molar-refractivity contribution in [2.24, 2.45) is 28.6 Å². The number of carbonyl (C=O) groups is 2. The van der Waals surface area contributed by atoms with Gasteiger partial charge >= 0.3 is 5.97 Å². The third-order valence-corrected chi connectivity index (χ3v) is 7.69. The molecule has 2 aliphatic carbocycles. The van der Waals surface area contributed by atoms with Gasteiger partial charge in [0.2, 0.25) is 0 Å². The number of hydrogen-bond donors (Lipinski definition) is 0. The first kappa shape index (κ1) is 16.7. The fraction of sp³-hybridized carbons (Fsp3) is 0.800. The van der Waals surface area contributed by atoms with Gasteiger partial charge in [0, 0.05) is 18.4 Å². The molecule has 0 amide bonds. The number of ether oxygens (including phenoxy) is 1. The number of fused-ring (bicyclic) bond motifs is 1. The Morgan fingerprint density at radius 2 is 1.96 bits per heavy atom. The van der Waals surface area contributed by atoms with Crippen LogP contribution >= 0.6 is 0 Å². The van der Waals surface area contributed by atoms with E-state index in [0.29, 0.717) is 24.2 Å². The predicted octanol–water partition coefficient (Wildman–Crippen LogP) is 4.31. The zero-order valence-electron chi connectivity index (χ0n) is 15.0. The van der Waals surface area contributed by atoms with Crippen molar-refractivity contribution in [2.75, 3.05) is 6.61 Å². The Balaban J connectivity index is 1.82. The highest BCUT2D eigenvalue weighted by atomic mass is 16.5. The van der Waals surface area contributed by atoms with E-state index in [1.807, 2.05) is 0 Å². The Labute approximate surface area is 139 Å². The summed E-state index contributed by atoms with van der Waals surface area (Å²) in [4.78, 5) is 23.6. The SMILES string of the molecule is C[C@@H]1CC[C@]2(C)[C@H](CCC(=O)[C@H]2C)[C@@]1(C)CCC1=CC(=O)OC1. The normalized spacial score (nSPS) is 43.8. The van der Waals surface area contributed by atoms with Crippen LogP contribution in [0.5, 0.6) is 0 Å². The molecule has 0 N–H and O–H groups in total. The van der Waals surface area contributed by atoms with Crippen LogP contribution in [0, 0.1) is 28.6 Å². The van der Waals surface area contributed by atoms with Crippen LogP contribution in [0.25, 0.3) is 0 Å². The molecule has 0 aromatic carbocycles. The van der Waals surface area contributed by atoms with Crippen LogP contribution in [0.1, 0.15) is 66.2 Å². The van der Waals surface area contributed by atoms with E-state index in [9.17, 15) is 9.59 Å². The summed E-state index contributed by atoms with van der Waals surface area (Å²) in [6, 6.07) is 0. The van der Waals surface area contributed by atoms with Gasteiger partial charge in [-0.2, -0.15) is 0 Å². The van der Waals surface area contributed by atoms with Crippen LogP contribution in [0.2, 0.25) is 0 Å². The summed E-state index contributed by atoms with van der Waals surface area (Å²) in [5, 5.41) is 0. The maximum absolute atomic E-state index is 12.3. The summed E-state index contributed by atoms with van der Waals surface area (Å²) in [5.74, 6) is 1.72.